The number of hydrogen-bond acceptors (Lipinski definition) is 6. The van der Waals surface area contributed by atoms with E-state index in [-0.39, 0.29) is 11.7 Å². The summed E-state index contributed by atoms with van der Waals surface area (Å²) >= 11 is 1.32. The van der Waals surface area contributed by atoms with Crippen LogP contribution in [0.15, 0.2) is 35.2 Å². The van der Waals surface area contributed by atoms with Crippen LogP contribution < -0.4 is 5.32 Å². The number of carbonyl (C=O) groups excluding carboxylic acids is 1. The Balaban J connectivity index is 1.65. The molecule has 124 valence electrons. The number of thiophene rings is 1. The van der Waals surface area contributed by atoms with Gasteiger partial charge < -0.3 is 14.6 Å². The van der Waals surface area contributed by atoms with Crippen molar-refractivity contribution in [3.05, 3.63) is 47.2 Å². The monoisotopic (exact) mass is 347 g/mol. The lowest BCUT2D eigenvalue weighted by atomic mass is 9.89. The van der Waals surface area contributed by atoms with Crippen LogP contribution in [-0.2, 0) is 10.3 Å². The van der Waals surface area contributed by atoms with Crippen molar-refractivity contribution in [3.8, 4) is 0 Å². The second-order valence-electron chi connectivity index (χ2n) is 5.70. The Hall–Kier alpha value is -2.32. The molecule has 24 heavy (non-hydrogen) atoms. The second kappa shape index (κ2) is 5.95. The summed E-state index contributed by atoms with van der Waals surface area (Å²) in [5.74, 6) is -0.102. The first-order chi connectivity index (χ1) is 11.7. The van der Waals surface area contributed by atoms with E-state index < -0.39 is 5.54 Å². The van der Waals surface area contributed by atoms with Gasteiger partial charge in [-0.1, -0.05) is 5.16 Å². The summed E-state index contributed by atoms with van der Waals surface area (Å²) < 4.78 is 24.4. The highest BCUT2D eigenvalue weighted by molar-refractivity contribution is 7.20. The minimum atomic E-state index is -0.705. The molecular weight excluding hydrogens is 333 g/mol. The van der Waals surface area contributed by atoms with E-state index in [1.165, 1.54) is 29.9 Å². The van der Waals surface area contributed by atoms with E-state index in [9.17, 15) is 9.18 Å². The number of nitrogens with zero attached hydrogens (tertiary/aromatic N) is 2. The quantitative estimate of drug-likeness (QED) is 0.788. The molecule has 4 rings (SSSR count). The van der Waals surface area contributed by atoms with Gasteiger partial charge in [-0.05, 0) is 29.7 Å². The van der Waals surface area contributed by atoms with Crippen LogP contribution in [-0.4, -0.2) is 29.3 Å². The minimum Gasteiger partial charge on any atom is -0.381 e. The zero-order valence-electron chi connectivity index (χ0n) is 12.6. The molecule has 1 aliphatic rings. The summed E-state index contributed by atoms with van der Waals surface area (Å²) in [6.07, 6.45) is 2.39. The van der Waals surface area contributed by atoms with Crippen molar-refractivity contribution in [1.29, 1.82) is 0 Å². The van der Waals surface area contributed by atoms with E-state index in [2.05, 4.69) is 15.5 Å². The van der Waals surface area contributed by atoms with Crippen molar-refractivity contribution in [3.63, 3.8) is 0 Å². The van der Waals surface area contributed by atoms with Crippen LogP contribution in [0, 0.1) is 5.82 Å². The smallest absolute Gasteiger partial charge is 0.262 e. The predicted octanol–water partition coefficient (Wildman–Crippen LogP) is 2.86. The number of aromatic nitrogens is 2. The van der Waals surface area contributed by atoms with Gasteiger partial charge in [0, 0.05) is 30.8 Å². The van der Waals surface area contributed by atoms with E-state index in [4.69, 9.17) is 9.26 Å². The molecule has 2 aromatic heterocycles. The molecule has 0 aliphatic carbocycles. The summed E-state index contributed by atoms with van der Waals surface area (Å²) in [5.41, 5.74) is -0.705. The van der Waals surface area contributed by atoms with E-state index in [0.717, 1.165) is 4.70 Å². The number of nitrogens with one attached hydrogen (secondary N) is 1. The van der Waals surface area contributed by atoms with Gasteiger partial charge in [0.1, 0.15) is 11.4 Å². The molecule has 0 saturated carbocycles. The van der Waals surface area contributed by atoms with Crippen molar-refractivity contribution in [2.24, 2.45) is 0 Å². The van der Waals surface area contributed by atoms with Crippen LogP contribution in [0.4, 0.5) is 4.39 Å². The van der Waals surface area contributed by atoms with Crippen LogP contribution >= 0.6 is 11.3 Å². The molecule has 0 radical (unpaired) electrons. The van der Waals surface area contributed by atoms with Gasteiger partial charge in [0.05, 0.1) is 4.88 Å². The first-order valence-corrected chi connectivity index (χ1v) is 8.34. The third-order valence-electron chi connectivity index (χ3n) is 4.19. The van der Waals surface area contributed by atoms with Crippen LogP contribution in [0.1, 0.15) is 28.3 Å². The molecule has 1 N–H and O–H groups in total. The molecule has 3 aromatic rings. The molecule has 0 atom stereocenters. The molecule has 8 heteroatoms. The molecule has 0 unspecified atom stereocenters. The molecule has 3 heterocycles. The lowest BCUT2D eigenvalue weighted by Gasteiger charge is -2.34. The second-order valence-corrected chi connectivity index (χ2v) is 6.78. The van der Waals surface area contributed by atoms with Crippen LogP contribution in [0.2, 0.25) is 0 Å². The standard InChI is InChI=1S/C16H14FN3O3S/c17-11-1-2-12-10(7-11)8-13(24-12)14(21)19-16(3-5-22-6-4-16)15-18-9-23-20-15/h1-2,7-9H,3-6H2,(H,19,21). The highest BCUT2D eigenvalue weighted by Gasteiger charge is 2.40. The minimum absolute atomic E-state index is 0.233. The maximum absolute atomic E-state index is 13.3. The van der Waals surface area contributed by atoms with Gasteiger partial charge >= 0.3 is 0 Å². The van der Waals surface area contributed by atoms with Gasteiger partial charge in [-0.25, -0.2) is 4.39 Å². The number of rotatable bonds is 3. The van der Waals surface area contributed by atoms with E-state index in [1.807, 2.05) is 0 Å². The maximum atomic E-state index is 13.3. The number of carbonyl (C=O) groups is 1. The van der Waals surface area contributed by atoms with Gasteiger partial charge in [0.15, 0.2) is 5.82 Å². The fraction of sp³-hybridized carbons (Fsp3) is 0.312. The summed E-state index contributed by atoms with van der Waals surface area (Å²) in [7, 11) is 0. The van der Waals surface area contributed by atoms with Crippen molar-refractivity contribution in [2.75, 3.05) is 13.2 Å². The first-order valence-electron chi connectivity index (χ1n) is 7.52. The number of amides is 1. The number of hydrogen-bond donors (Lipinski definition) is 1. The average molecular weight is 347 g/mol. The number of halogens is 1. The molecule has 1 aliphatic heterocycles. The number of ether oxygens (including phenoxy) is 1. The van der Waals surface area contributed by atoms with E-state index >= 15 is 0 Å². The number of fused-ring (bicyclic) bond motifs is 1. The summed E-state index contributed by atoms with van der Waals surface area (Å²) in [6.45, 7) is 1.01. The Kier molecular flexibility index (Phi) is 3.78. The average Bonchev–Trinajstić information content (AvgIpc) is 3.25. The topological polar surface area (TPSA) is 77.3 Å². The summed E-state index contributed by atoms with van der Waals surface area (Å²) in [5, 5.41) is 7.66. The highest BCUT2D eigenvalue weighted by Crippen LogP contribution is 2.32. The molecular formula is C16H14FN3O3S. The normalized spacial score (nSPS) is 17.0. The Morgan fingerprint density at radius 1 is 1.29 bits per heavy atom. The maximum Gasteiger partial charge on any atom is 0.262 e. The zero-order valence-corrected chi connectivity index (χ0v) is 13.4. The molecule has 0 bridgehead atoms. The molecule has 1 fully saturated rings. The Morgan fingerprint density at radius 2 is 2.12 bits per heavy atom. The van der Waals surface area contributed by atoms with Gasteiger partial charge in [-0.3, -0.25) is 4.79 Å². The molecule has 6 nitrogen and oxygen atoms in total. The highest BCUT2D eigenvalue weighted by atomic mass is 32.1. The molecule has 1 amide bonds. The lowest BCUT2D eigenvalue weighted by molar-refractivity contribution is 0.0307. The Morgan fingerprint density at radius 3 is 2.88 bits per heavy atom. The van der Waals surface area contributed by atoms with Crippen LogP contribution in [0.25, 0.3) is 10.1 Å². The Labute approximate surface area is 140 Å². The predicted molar refractivity (Wildman–Crippen MR) is 85.3 cm³/mol. The van der Waals surface area contributed by atoms with Crippen molar-refractivity contribution in [1.82, 2.24) is 15.5 Å². The molecule has 1 aromatic carbocycles. The molecule has 0 spiro atoms. The number of benzene rings is 1. The zero-order chi connectivity index (χ0) is 16.6. The van der Waals surface area contributed by atoms with Crippen LogP contribution in [0.5, 0.6) is 0 Å². The van der Waals surface area contributed by atoms with Gasteiger partial charge in [-0.15, -0.1) is 11.3 Å². The largest absolute Gasteiger partial charge is 0.381 e. The first kappa shape index (κ1) is 15.2. The van der Waals surface area contributed by atoms with Crippen molar-refractivity contribution >= 4 is 27.3 Å². The lowest BCUT2D eigenvalue weighted by Crippen LogP contribution is -2.50. The van der Waals surface area contributed by atoms with Gasteiger partial charge in [-0.2, -0.15) is 4.98 Å². The fourth-order valence-corrected chi connectivity index (χ4v) is 3.85. The van der Waals surface area contributed by atoms with E-state index in [1.54, 1.807) is 12.1 Å². The Bertz CT molecular complexity index is 872. The fourth-order valence-electron chi connectivity index (χ4n) is 2.91. The van der Waals surface area contributed by atoms with E-state index in [0.29, 0.717) is 42.1 Å². The van der Waals surface area contributed by atoms with Gasteiger partial charge in [0.25, 0.3) is 5.91 Å². The molecule has 1 saturated heterocycles. The summed E-state index contributed by atoms with van der Waals surface area (Å²) in [4.78, 5) is 17.4. The van der Waals surface area contributed by atoms with Gasteiger partial charge in [0.2, 0.25) is 6.39 Å². The SMILES string of the molecule is O=C(NC1(c2ncon2)CCOCC1)c1cc2cc(F)ccc2s1. The van der Waals surface area contributed by atoms with Crippen molar-refractivity contribution in [2.45, 2.75) is 18.4 Å². The third-order valence-corrected chi connectivity index (χ3v) is 5.31. The van der Waals surface area contributed by atoms with Crippen molar-refractivity contribution < 1.29 is 18.4 Å². The summed E-state index contributed by atoms with van der Waals surface area (Å²) in [6, 6.07) is 6.18. The third kappa shape index (κ3) is 2.67. The van der Waals surface area contributed by atoms with Crippen LogP contribution in [0.3, 0.4) is 0 Å².